The molecule has 0 fully saturated rings. The van der Waals surface area contributed by atoms with Crippen LogP contribution in [0.2, 0.25) is 0 Å². The van der Waals surface area contributed by atoms with Crippen molar-refractivity contribution >= 4 is 16.8 Å². The van der Waals surface area contributed by atoms with E-state index in [4.69, 9.17) is 4.98 Å². The molecule has 0 aliphatic rings. The summed E-state index contributed by atoms with van der Waals surface area (Å²) < 4.78 is 0. The molecule has 0 saturated heterocycles. The lowest BCUT2D eigenvalue weighted by atomic mass is 10.0. The average Bonchev–Trinajstić information content (AvgIpc) is 2.61. The van der Waals surface area contributed by atoms with E-state index in [1.807, 2.05) is 67.7 Å². The summed E-state index contributed by atoms with van der Waals surface area (Å²) >= 11 is 0. The van der Waals surface area contributed by atoms with Crippen LogP contribution < -0.4 is 10.6 Å². The fourth-order valence-corrected chi connectivity index (χ4v) is 2.52. The molecule has 0 bridgehead atoms. The van der Waals surface area contributed by atoms with Gasteiger partial charge in [-0.15, -0.1) is 0 Å². The van der Waals surface area contributed by atoms with E-state index in [9.17, 15) is 4.79 Å². The fraction of sp³-hybridized carbons (Fsp3) is 0.158. The average molecular weight is 305 g/mol. The Kier molecular flexibility index (Phi) is 4.64. The summed E-state index contributed by atoms with van der Waals surface area (Å²) in [5.41, 5.74) is 3.30. The van der Waals surface area contributed by atoms with Crippen LogP contribution in [-0.2, 0) is 0 Å². The van der Waals surface area contributed by atoms with Crippen LogP contribution in [0.5, 0.6) is 0 Å². The van der Waals surface area contributed by atoms with Crippen molar-refractivity contribution in [3.8, 4) is 11.3 Å². The summed E-state index contributed by atoms with van der Waals surface area (Å²) in [7, 11) is 1.86. The summed E-state index contributed by atoms with van der Waals surface area (Å²) in [5.74, 6) is -0.0731. The molecule has 0 aliphatic carbocycles. The zero-order chi connectivity index (χ0) is 16.1. The third kappa shape index (κ3) is 3.38. The highest BCUT2D eigenvalue weighted by Gasteiger charge is 2.13. The highest BCUT2D eigenvalue weighted by Crippen LogP contribution is 2.24. The molecule has 0 spiro atoms. The fourth-order valence-electron chi connectivity index (χ4n) is 2.52. The molecule has 0 radical (unpaired) electrons. The van der Waals surface area contributed by atoms with E-state index in [-0.39, 0.29) is 5.91 Å². The quantitative estimate of drug-likeness (QED) is 0.713. The van der Waals surface area contributed by atoms with Gasteiger partial charge in [0, 0.05) is 24.0 Å². The van der Waals surface area contributed by atoms with Crippen molar-refractivity contribution in [3.63, 3.8) is 0 Å². The number of para-hydroxylation sites is 1. The van der Waals surface area contributed by atoms with Gasteiger partial charge in [0.25, 0.3) is 5.91 Å². The van der Waals surface area contributed by atoms with Gasteiger partial charge in [0.1, 0.15) is 0 Å². The molecule has 3 aromatic rings. The van der Waals surface area contributed by atoms with Gasteiger partial charge in [-0.2, -0.15) is 0 Å². The lowest BCUT2D eigenvalue weighted by Crippen LogP contribution is -2.30. The minimum Gasteiger partial charge on any atom is -0.351 e. The largest absolute Gasteiger partial charge is 0.351 e. The number of aromatic nitrogens is 1. The second-order valence-electron chi connectivity index (χ2n) is 5.30. The van der Waals surface area contributed by atoms with Crippen LogP contribution in [0.3, 0.4) is 0 Å². The van der Waals surface area contributed by atoms with E-state index < -0.39 is 0 Å². The maximum Gasteiger partial charge on any atom is 0.252 e. The SMILES string of the molecule is CNCCNC(=O)c1cc(-c2ccccc2)nc2ccccc12. The van der Waals surface area contributed by atoms with E-state index in [1.54, 1.807) is 0 Å². The number of nitrogens with one attached hydrogen (secondary N) is 2. The molecular weight excluding hydrogens is 286 g/mol. The third-order valence-corrected chi connectivity index (χ3v) is 3.69. The van der Waals surface area contributed by atoms with Crippen LogP contribution in [0.1, 0.15) is 10.4 Å². The number of benzene rings is 2. The Morgan fingerprint density at radius 2 is 1.74 bits per heavy atom. The molecule has 0 atom stereocenters. The Hall–Kier alpha value is -2.72. The van der Waals surface area contributed by atoms with Crippen molar-refractivity contribution in [2.24, 2.45) is 0 Å². The molecule has 2 N–H and O–H groups in total. The van der Waals surface area contributed by atoms with Gasteiger partial charge in [-0.05, 0) is 19.2 Å². The van der Waals surface area contributed by atoms with E-state index in [0.717, 1.165) is 28.7 Å². The Morgan fingerprint density at radius 1 is 1.00 bits per heavy atom. The van der Waals surface area contributed by atoms with Crippen LogP contribution in [0.4, 0.5) is 0 Å². The number of carbonyl (C=O) groups is 1. The minimum atomic E-state index is -0.0731. The molecule has 0 saturated carbocycles. The van der Waals surface area contributed by atoms with Crippen molar-refractivity contribution in [1.29, 1.82) is 0 Å². The third-order valence-electron chi connectivity index (χ3n) is 3.69. The summed E-state index contributed by atoms with van der Waals surface area (Å²) in [6, 6.07) is 19.5. The lowest BCUT2D eigenvalue weighted by Gasteiger charge is -2.10. The molecule has 3 rings (SSSR count). The second-order valence-corrected chi connectivity index (χ2v) is 5.30. The zero-order valence-corrected chi connectivity index (χ0v) is 13.0. The van der Waals surface area contributed by atoms with Crippen LogP contribution in [0, 0.1) is 0 Å². The topological polar surface area (TPSA) is 54.0 Å². The van der Waals surface area contributed by atoms with E-state index in [0.29, 0.717) is 12.1 Å². The van der Waals surface area contributed by atoms with Crippen LogP contribution in [0.15, 0.2) is 60.7 Å². The van der Waals surface area contributed by atoms with Crippen molar-refractivity contribution in [1.82, 2.24) is 15.6 Å². The summed E-state index contributed by atoms with van der Waals surface area (Å²) in [6.45, 7) is 1.33. The first-order chi connectivity index (χ1) is 11.3. The van der Waals surface area contributed by atoms with Gasteiger partial charge in [0.05, 0.1) is 16.8 Å². The minimum absolute atomic E-state index is 0.0731. The van der Waals surface area contributed by atoms with Crippen molar-refractivity contribution in [2.45, 2.75) is 0 Å². The van der Waals surface area contributed by atoms with E-state index in [2.05, 4.69) is 10.6 Å². The number of nitrogens with zero attached hydrogens (tertiary/aromatic N) is 1. The lowest BCUT2D eigenvalue weighted by molar-refractivity contribution is 0.0956. The normalized spacial score (nSPS) is 10.7. The number of likely N-dealkylation sites (N-methyl/N-ethyl adjacent to an activating group) is 1. The molecule has 0 aliphatic heterocycles. The zero-order valence-electron chi connectivity index (χ0n) is 13.0. The number of rotatable bonds is 5. The molecule has 23 heavy (non-hydrogen) atoms. The smallest absolute Gasteiger partial charge is 0.252 e. The maximum absolute atomic E-state index is 12.6. The Bertz CT molecular complexity index is 815. The van der Waals surface area contributed by atoms with Crippen molar-refractivity contribution < 1.29 is 4.79 Å². The highest BCUT2D eigenvalue weighted by atomic mass is 16.1. The van der Waals surface area contributed by atoms with Gasteiger partial charge in [-0.3, -0.25) is 4.79 Å². The maximum atomic E-state index is 12.6. The van der Waals surface area contributed by atoms with E-state index >= 15 is 0 Å². The van der Waals surface area contributed by atoms with E-state index in [1.165, 1.54) is 0 Å². The number of hydrogen-bond donors (Lipinski definition) is 2. The van der Waals surface area contributed by atoms with Gasteiger partial charge in [-0.1, -0.05) is 48.5 Å². The summed E-state index contributed by atoms with van der Waals surface area (Å²) in [4.78, 5) is 17.2. The van der Waals surface area contributed by atoms with Crippen LogP contribution in [0.25, 0.3) is 22.2 Å². The van der Waals surface area contributed by atoms with Gasteiger partial charge in [-0.25, -0.2) is 4.98 Å². The Balaban J connectivity index is 2.06. The summed E-state index contributed by atoms with van der Waals surface area (Å²) in [6.07, 6.45) is 0. The van der Waals surface area contributed by atoms with Crippen LogP contribution >= 0.6 is 0 Å². The number of fused-ring (bicyclic) bond motifs is 1. The Labute approximate surface area is 135 Å². The molecule has 4 heteroatoms. The predicted octanol–water partition coefficient (Wildman–Crippen LogP) is 2.85. The summed E-state index contributed by atoms with van der Waals surface area (Å²) in [5, 5.41) is 6.83. The molecule has 1 heterocycles. The van der Waals surface area contributed by atoms with Crippen molar-refractivity contribution in [3.05, 3.63) is 66.2 Å². The second kappa shape index (κ2) is 7.03. The van der Waals surface area contributed by atoms with Gasteiger partial charge >= 0.3 is 0 Å². The molecule has 0 unspecified atom stereocenters. The molecular formula is C19H19N3O. The monoisotopic (exact) mass is 305 g/mol. The van der Waals surface area contributed by atoms with Gasteiger partial charge in [0.2, 0.25) is 0 Å². The first-order valence-corrected chi connectivity index (χ1v) is 7.67. The molecule has 116 valence electrons. The highest BCUT2D eigenvalue weighted by molar-refractivity contribution is 6.07. The first-order valence-electron chi connectivity index (χ1n) is 7.67. The molecule has 1 aromatic heterocycles. The molecule has 2 aromatic carbocycles. The first kappa shape index (κ1) is 15.2. The molecule has 4 nitrogen and oxygen atoms in total. The van der Waals surface area contributed by atoms with Crippen molar-refractivity contribution in [2.75, 3.05) is 20.1 Å². The Morgan fingerprint density at radius 3 is 2.52 bits per heavy atom. The number of amides is 1. The number of pyridine rings is 1. The molecule has 1 amide bonds. The van der Waals surface area contributed by atoms with Crippen LogP contribution in [-0.4, -0.2) is 31.0 Å². The predicted molar refractivity (Wildman–Crippen MR) is 93.4 cm³/mol. The van der Waals surface area contributed by atoms with Gasteiger partial charge < -0.3 is 10.6 Å². The van der Waals surface area contributed by atoms with Gasteiger partial charge in [0.15, 0.2) is 0 Å². The number of hydrogen-bond acceptors (Lipinski definition) is 3. The number of carbonyl (C=O) groups excluding carboxylic acids is 1. The standard InChI is InChI=1S/C19H19N3O/c1-20-11-12-21-19(23)16-13-18(14-7-3-2-4-8-14)22-17-10-6-5-9-15(16)17/h2-10,13,20H,11-12H2,1H3,(H,21,23).